The highest BCUT2D eigenvalue weighted by molar-refractivity contribution is 14.1. The van der Waals surface area contributed by atoms with Crippen molar-refractivity contribution in [2.45, 2.75) is 19.6 Å². The van der Waals surface area contributed by atoms with Gasteiger partial charge in [0.2, 0.25) is 0 Å². The zero-order valence-electron chi connectivity index (χ0n) is 19.4. The Morgan fingerprint density at radius 1 is 0.471 bits per heavy atom. The third-order valence-corrected chi connectivity index (χ3v) is 13.6. The van der Waals surface area contributed by atoms with Crippen LogP contribution >= 0.6 is 67.8 Å². The van der Waals surface area contributed by atoms with E-state index >= 15 is 0 Å². The fraction of sp³-hybridized carbons (Fsp3) is 0.103. The van der Waals surface area contributed by atoms with E-state index in [9.17, 15) is 0 Å². The highest BCUT2D eigenvalue weighted by Crippen LogP contribution is 2.14. The van der Waals surface area contributed by atoms with E-state index in [1.54, 1.807) is 0 Å². The zero-order chi connectivity index (χ0) is 24.3. The van der Waals surface area contributed by atoms with Crippen molar-refractivity contribution in [3.05, 3.63) is 113 Å². The first-order valence-corrected chi connectivity index (χ1v) is 19.8. The van der Waals surface area contributed by atoms with Gasteiger partial charge in [-0.2, -0.15) is 0 Å². The van der Waals surface area contributed by atoms with Crippen LogP contribution in [-0.4, -0.2) is 16.1 Å². The molecule has 0 nitrogen and oxygen atoms in total. The molecule has 0 heterocycles. The van der Waals surface area contributed by atoms with Crippen molar-refractivity contribution in [3.63, 3.8) is 0 Å². The summed E-state index contributed by atoms with van der Waals surface area (Å²) >= 11 is 7.20. The second-order valence-corrected chi connectivity index (χ2v) is 21.6. The lowest BCUT2D eigenvalue weighted by Crippen LogP contribution is -2.74. The van der Waals surface area contributed by atoms with Gasteiger partial charge in [-0.1, -0.05) is 74.1 Å². The summed E-state index contributed by atoms with van der Waals surface area (Å²) in [5.74, 6) is 3.43. The average molecular weight is 810 g/mol. The number of hydrogen-bond acceptors (Lipinski definition) is 0. The molecule has 5 heteroatoms. The van der Waals surface area contributed by atoms with Gasteiger partial charge in [0.25, 0.3) is 0 Å². The standard InChI is InChI=1S/C29H25I3Si2/c1-33(2,3)21-20-22-4-12-26(13-5-22)34(27-14-6-23(30)7-15-27,28-16-8-24(31)9-17-28)29-18-10-25(32)11-19-29/h4-19H,1-3H3. The highest BCUT2D eigenvalue weighted by atomic mass is 127. The Morgan fingerprint density at radius 2 is 0.765 bits per heavy atom. The SMILES string of the molecule is C[Si](C)(C)C#Cc1ccc([Si](c2ccc(I)cc2)(c2ccc(I)cc2)c2ccc(I)cc2)cc1. The average Bonchev–Trinajstić information content (AvgIpc) is 2.81. The van der Waals surface area contributed by atoms with Gasteiger partial charge in [0.05, 0.1) is 0 Å². The molecule has 0 aromatic heterocycles. The Balaban J connectivity index is 2.01. The summed E-state index contributed by atoms with van der Waals surface area (Å²) in [7, 11) is -3.92. The number of benzene rings is 4. The highest BCUT2D eigenvalue weighted by Gasteiger charge is 2.41. The first-order valence-electron chi connectivity index (χ1n) is 11.1. The summed E-state index contributed by atoms with van der Waals surface area (Å²) in [5.41, 5.74) is 4.61. The third kappa shape index (κ3) is 5.89. The first-order chi connectivity index (χ1) is 16.2. The van der Waals surface area contributed by atoms with Gasteiger partial charge in [-0.05, 0) is 137 Å². The Kier molecular flexibility index (Phi) is 8.45. The molecule has 34 heavy (non-hydrogen) atoms. The Morgan fingerprint density at radius 3 is 1.06 bits per heavy atom. The van der Waals surface area contributed by atoms with E-state index in [-0.39, 0.29) is 0 Å². The van der Waals surface area contributed by atoms with Gasteiger partial charge in [-0.25, -0.2) is 0 Å². The van der Waals surface area contributed by atoms with Crippen LogP contribution in [0.5, 0.6) is 0 Å². The van der Waals surface area contributed by atoms with Crippen molar-refractivity contribution >= 4 is 105 Å². The van der Waals surface area contributed by atoms with E-state index in [1.807, 2.05) is 0 Å². The van der Waals surface area contributed by atoms with Crippen molar-refractivity contribution < 1.29 is 0 Å². The van der Waals surface area contributed by atoms with Gasteiger partial charge in [-0.3, -0.25) is 0 Å². The maximum atomic E-state index is 3.51. The monoisotopic (exact) mass is 810 g/mol. The van der Waals surface area contributed by atoms with E-state index in [0.717, 1.165) is 5.56 Å². The third-order valence-electron chi connectivity index (χ3n) is 5.73. The lowest BCUT2D eigenvalue weighted by molar-refractivity contribution is 1.61. The van der Waals surface area contributed by atoms with E-state index in [2.05, 4.69) is 196 Å². The van der Waals surface area contributed by atoms with Gasteiger partial charge in [0.15, 0.2) is 8.07 Å². The van der Waals surface area contributed by atoms with Crippen molar-refractivity contribution in [1.29, 1.82) is 0 Å². The molecular weight excluding hydrogens is 785 g/mol. The molecule has 0 spiro atoms. The molecule has 4 rings (SSSR count). The molecule has 0 N–H and O–H groups in total. The predicted molar refractivity (Wildman–Crippen MR) is 178 cm³/mol. The summed E-state index contributed by atoms with van der Waals surface area (Å²) in [6.07, 6.45) is 0. The minimum Gasteiger partial charge on any atom is -0.127 e. The molecule has 0 aliphatic carbocycles. The normalized spacial score (nSPS) is 11.6. The molecular formula is C29H25I3Si2. The molecule has 0 radical (unpaired) electrons. The number of rotatable bonds is 4. The fourth-order valence-corrected chi connectivity index (χ4v) is 10.4. The van der Waals surface area contributed by atoms with Crippen LogP contribution in [0.3, 0.4) is 0 Å². The maximum absolute atomic E-state index is 3.51. The van der Waals surface area contributed by atoms with Crippen LogP contribution in [0.1, 0.15) is 5.56 Å². The topological polar surface area (TPSA) is 0 Å². The van der Waals surface area contributed by atoms with Gasteiger partial charge in [0.1, 0.15) is 8.07 Å². The number of halogens is 3. The quantitative estimate of drug-likeness (QED) is 0.101. The van der Waals surface area contributed by atoms with Crippen molar-refractivity contribution in [2.75, 3.05) is 0 Å². The fourth-order valence-electron chi connectivity index (χ4n) is 4.16. The van der Waals surface area contributed by atoms with E-state index in [0.29, 0.717) is 0 Å². The van der Waals surface area contributed by atoms with Gasteiger partial charge >= 0.3 is 0 Å². The molecule has 170 valence electrons. The van der Waals surface area contributed by atoms with Crippen molar-refractivity contribution in [2.24, 2.45) is 0 Å². The van der Waals surface area contributed by atoms with E-state index < -0.39 is 16.1 Å². The summed E-state index contributed by atoms with van der Waals surface area (Å²) in [5, 5.41) is 5.58. The lowest BCUT2D eigenvalue weighted by Gasteiger charge is -2.34. The van der Waals surface area contributed by atoms with Crippen LogP contribution in [0.4, 0.5) is 0 Å². The van der Waals surface area contributed by atoms with Gasteiger partial charge in [0, 0.05) is 16.3 Å². The molecule has 0 fully saturated rings. The molecule has 0 saturated heterocycles. The van der Waals surface area contributed by atoms with Gasteiger partial charge in [-0.15, -0.1) is 5.54 Å². The Bertz CT molecular complexity index is 1210. The molecule has 0 saturated carbocycles. The molecule has 0 aliphatic heterocycles. The largest absolute Gasteiger partial charge is 0.179 e. The summed E-state index contributed by atoms with van der Waals surface area (Å²) in [6.45, 7) is 6.86. The Labute approximate surface area is 246 Å². The number of hydrogen-bond donors (Lipinski definition) is 0. The lowest BCUT2D eigenvalue weighted by atomic mass is 10.2. The van der Waals surface area contributed by atoms with Crippen LogP contribution < -0.4 is 20.7 Å². The van der Waals surface area contributed by atoms with Crippen LogP contribution in [0.15, 0.2) is 97.1 Å². The summed E-state index contributed by atoms with van der Waals surface area (Å²) < 4.78 is 3.77. The van der Waals surface area contributed by atoms with Crippen LogP contribution in [0, 0.1) is 22.2 Å². The molecule has 0 amide bonds. The predicted octanol–water partition coefficient (Wildman–Crippen LogP) is 6.11. The molecule has 0 atom stereocenters. The minimum absolute atomic E-state index is 1.10. The first kappa shape index (κ1) is 26.1. The molecule has 0 bridgehead atoms. The summed E-state index contributed by atoms with van der Waals surface area (Å²) in [4.78, 5) is 0. The molecule has 0 aliphatic rings. The van der Waals surface area contributed by atoms with E-state index in [4.69, 9.17) is 0 Å². The second kappa shape index (κ2) is 11.0. The summed E-state index contributed by atoms with van der Waals surface area (Å²) in [6, 6.07) is 36.6. The minimum atomic E-state index is -2.50. The smallest absolute Gasteiger partial charge is 0.127 e. The van der Waals surface area contributed by atoms with Crippen molar-refractivity contribution in [3.8, 4) is 11.5 Å². The Hall–Kier alpha value is -0.936. The van der Waals surface area contributed by atoms with Crippen LogP contribution in [0.2, 0.25) is 19.6 Å². The molecule has 4 aromatic carbocycles. The zero-order valence-corrected chi connectivity index (χ0v) is 27.8. The van der Waals surface area contributed by atoms with Crippen molar-refractivity contribution in [1.82, 2.24) is 0 Å². The van der Waals surface area contributed by atoms with Gasteiger partial charge < -0.3 is 0 Å². The maximum Gasteiger partial charge on any atom is 0.179 e. The van der Waals surface area contributed by atoms with Crippen LogP contribution in [0.25, 0.3) is 0 Å². The molecule has 4 aromatic rings. The second-order valence-electron chi connectivity index (χ2n) is 9.35. The molecule has 0 unspecified atom stereocenters. The van der Waals surface area contributed by atoms with E-state index in [1.165, 1.54) is 31.5 Å². The van der Waals surface area contributed by atoms with Crippen LogP contribution in [-0.2, 0) is 0 Å².